The van der Waals surface area contributed by atoms with Crippen LogP contribution in [0.25, 0.3) is 0 Å². The summed E-state index contributed by atoms with van der Waals surface area (Å²) in [5.41, 5.74) is 6.75. The number of nitrogens with two attached hydrogens (primary N) is 1. The molecule has 0 radical (unpaired) electrons. The van der Waals surface area contributed by atoms with Gasteiger partial charge in [-0.2, -0.15) is 0 Å². The maximum atomic E-state index is 13.6. The first-order valence-electron chi connectivity index (χ1n) is 7.23. The lowest BCUT2D eigenvalue weighted by molar-refractivity contribution is 0.0125. The third-order valence-electron chi connectivity index (χ3n) is 3.70. The first-order chi connectivity index (χ1) is 10.1. The van der Waals surface area contributed by atoms with Gasteiger partial charge in [-0.05, 0) is 43.5 Å². The lowest BCUT2D eigenvalue weighted by Gasteiger charge is -2.31. The fourth-order valence-electron chi connectivity index (χ4n) is 2.68. The van der Waals surface area contributed by atoms with E-state index in [4.69, 9.17) is 15.7 Å². The Morgan fingerprint density at radius 3 is 2.76 bits per heavy atom. The van der Waals surface area contributed by atoms with E-state index in [1.54, 1.807) is 6.07 Å². The molecule has 1 aromatic carbocycles. The van der Waals surface area contributed by atoms with Crippen LogP contribution in [0, 0.1) is 5.82 Å². The third kappa shape index (κ3) is 4.41. The van der Waals surface area contributed by atoms with Gasteiger partial charge in [-0.25, -0.2) is 4.39 Å². The molecule has 2 rings (SSSR count). The number of rotatable bonds is 5. The fraction of sp³-hybridized carbons (Fsp3) is 0.533. The average molecular weight is 295 g/mol. The minimum atomic E-state index is -0.377. The van der Waals surface area contributed by atoms with Gasteiger partial charge in [0.2, 0.25) is 0 Å². The zero-order chi connectivity index (χ0) is 15.2. The molecule has 1 aliphatic heterocycles. The molecule has 1 aromatic rings. The molecule has 0 unspecified atom stereocenters. The van der Waals surface area contributed by atoms with Crippen molar-refractivity contribution in [1.82, 2.24) is 4.90 Å². The van der Waals surface area contributed by atoms with Crippen LogP contribution < -0.4 is 5.73 Å². The van der Waals surface area contributed by atoms with E-state index in [-0.39, 0.29) is 11.7 Å². The number of piperidine rings is 1. The van der Waals surface area contributed by atoms with Gasteiger partial charge < -0.3 is 15.7 Å². The Kier molecular flexibility index (Phi) is 5.52. The molecule has 0 aromatic heterocycles. The lowest BCUT2D eigenvalue weighted by atomic mass is 10.1. The standard InChI is InChI=1S/C15H22FN3O2/c1-2-21-14-3-5-19(6-4-14)10-11-7-12(15(17)18-20)9-13(16)8-11/h7-9,14,20H,2-6,10H2,1H3,(H2,17,18). The summed E-state index contributed by atoms with van der Waals surface area (Å²) in [5.74, 6) is -0.455. The van der Waals surface area contributed by atoms with Crippen LogP contribution in [0.1, 0.15) is 30.9 Å². The second-order valence-corrected chi connectivity index (χ2v) is 5.26. The summed E-state index contributed by atoms with van der Waals surface area (Å²) in [5, 5.41) is 11.6. The molecule has 3 N–H and O–H groups in total. The van der Waals surface area contributed by atoms with Gasteiger partial charge in [-0.1, -0.05) is 5.16 Å². The van der Waals surface area contributed by atoms with Gasteiger partial charge in [-0.3, -0.25) is 4.90 Å². The minimum Gasteiger partial charge on any atom is -0.409 e. The van der Waals surface area contributed by atoms with Crippen molar-refractivity contribution >= 4 is 5.84 Å². The zero-order valence-corrected chi connectivity index (χ0v) is 12.3. The van der Waals surface area contributed by atoms with Crippen LogP contribution in [0.4, 0.5) is 4.39 Å². The molecule has 0 aliphatic carbocycles. The van der Waals surface area contributed by atoms with Crippen LogP contribution in [-0.2, 0) is 11.3 Å². The number of amidine groups is 1. The highest BCUT2D eigenvalue weighted by Crippen LogP contribution is 2.17. The summed E-state index contributed by atoms with van der Waals surface area (Å²) in [4.78, 5) is 2.26. The molecule has 6 heteroatoms. The summed E-state index contributed by atoms with van der Waals surface area (Å²) >= 11 is 0. The van der Waals surface area contributed by atoms with Gasteiger partial charge in [0.25, 0.3) is 0 Å². The molecule has 5 nitrogen and oxygen atoms in total. The summed E-state index contributed by atoms with van der Waals surface area (Å²) < 4.78 is 19.2. The quantitative estimate of drug-likeness (QED) is 0.377. The largest absolute Gasteiger partial charge is 0.409 e. The van der Waals surface area contributed by atoms with E-state index in [0.717, 1.165) is 38.1 Å². The van der Waals surface area contributed by atoms with E-state index in [2.05, 4.69) is 10.1 Å². The van der Waals surface area contributed by atoms with Crippen LogP contribution in [0.15, 0.2) is 23.4 Å². The van der Waals surface area contributed by atoms with Gasteiger partial charge in [0.1, 0.15) is 5.82 Å². The van der Waals surface area contributed by atoms with Crippen molar-refractivity contribution in [2.24, 2.45) is 10.9 Å². The van der Waals surface area contributed by atoms with Gasteiger partial charge in [0, 0.05) is 31.8 Å². The van der Waals surface area contributed by atoms with Crippen molar-refractivity contribution < 1.29 is 14.3 Å². The maximum Gasteiger partial charge on any atom is 0.170 e. The Balaban J connectivity index is 1.99. The Labute approximate surface area is 124 Å². The second-order valence-electron chi connectivity index (χ2n) is 5.26. The summed E-state index contributed by atoms with van der Waals surface area (Å²) in [6.45, 7) is 5.27. The van der Waals surface area contributed by atoms with Gasteiger partial charge in [-0.15, -0.1) is 0 Å². The number of ether oxygens (including phenoxy) is 1. The summed E-state index contributed by atoms with van der Waals surface area (Å²) in [6, 6.07) is 4.51. The van der Waals surface area contributed by atoms with Crippen LogP contribution in [0.2, 0.25) is 0 Å². The highest BCUT2D eigenvalue weighted by Gasteiger charge is 2.19. The molecule has 1 aliphatic rings. The van der Waals surface area contributed by atoms with Crippen LogP contribution in [0.3, 0.4) is 0 Å². The zero-order valence-electron chi connectivity index (χ0n) is 12.3. The Morgan fingerprint density at radius 2 is 2.14 bits per heavy atom. The molecule has 0 bridgehead atoms. The van der Waals surface area contributed by atoms with Crippen molar-refractivity contribution in [3.8, 4) is 0 Å². The minimum absolute atomic E-state index is 0.0780. The molecule has 116 valence electrons. The number of hydrogen-bond acceptors (Lipinski definition) is 4. The van der Waals surface area contributed by atoms with E-state index >= 15 is 0 Å². The van der Waals surface area contributed by atoms with Crippen molar-refractivity contribution in [1.29, 1.82) is 0 Å². The third-order valence-corrected chi connectivity index (χ3v) is 3.70. The van der Waals surface area contributed by atoms with Crippen molar-refractivity contribution in [2.75, 3.05) is 19.7 Å². The molecule has 0 saturated carbocycles. The summed E-state index contributed by atoms with van der Waals surface area (Å²) in [6.07, 6.45) is 2.33. The van der Waals surface area contributed by atoms with Crippen molar-refractivity contribution in [3.63, 3.8) is 0 Å². The molecular weight excluding hydrogens is 273 g/mol. The predicted octanol–water partition coefficient (Wildman–Crippen LogP) is 1.92. The van der Waals surface area contributed by atoms with Crippen LogP contribution in [0.5, 0.6) is 0 Å². The van der Waals surface area contributed by atoms with E-state index in [1.165, 1.54) is 12.1 Å². The number of oxime groups is 1. The first kappa shape index (κ1) is 15.7. The second kappa shape index (κ2) is 7.38. The maximum absolute atomic E-state index is 13.6. The predicted molar refractivity (Wildman–Crippen MR) is 78.8 cm³/mol. The molecule has 0 spiro atoms. The van der Waals surface area contributed by atoms with Crippen LogP contribution in [-0.4, -0.2) is 41.7 Å². The van der Waals surface area contributed by atoms with Gasteiger partial charge >= 0.3 is 0 Å². The monoisotopic (exact) mass is 295 g/mol. The van der Waals surface area contributed by atoms with E-state index in [1.807, 2.05) is 6.92 Å². The number of benzene rings is 1. The molecule has 21 heavy (non-hydrogen) atoms. The lowest BCUT2D eigenvalue weighted by Crippen LogP contribution is -2.36. The molecule has 1 heterocycles. The SMILES string of the molecule is CCOC1CCN(Cc2cc(F)cc(/C(N)=N/O)c2)CC1. The van der Waals surface area contributed by atoms with E-state index in [9.17, 15) is 4.39 Å². The Bertz CT molecular complexity index is 500. The van der Waals surface area contributed by atoms with Crippen molar-refractivity contribution in [3.05, 3.63) is 35.1 Å². The summed E-state index contributed by atoms with van der Waals surface area (Å²) in [7, 11) is 0. The van der Waals surface area contributed by atoms with E-state index < -0.39 is 0 Å². The Hall–Kier alpha value is -1.66. The highest BCUT2D eigenvalue weighted by molar-refractivity contribution is 5.97. The van der Waals surface area contributed by atoms with Crippen molar-refractivity contribution in [2.45, 2.75) is 32.4 Å². The van der Waals surface area contributed by atoms with E-state index in [0.29, 0.717) is 18.2 Å². The van der Waals surface area contributed by atoms with Gasteiger partial charge in [0.15, 0.2) is 5.84 Å². The smallest absolute Gasteiger partial charge is 0.170 e. The molecule has 0 atom stereocenters. The van der Waals surface area contributed by atoms with Crippen LogP contribution >= 0.6 is 0 Å². The number of halogens is 1. The fourth-order valence-corrected chi connectivity index (χ4v) is 2.68. The number of nitrogens with zero attached hydrogens (tertiary/aromatic N) is 2. The molecule has 0 amide bonds. The average Bonchev–Trinajstić information content (AvgIpc) is 2.48. The van der Waals surface area contributed by atoms with Gasteiger partial charge in [0.05, 0.1) is 6.10 Å². The molecular formula is C15H22FN3O2. The normalized spacial score (nSPS) is 18.1. The first-order valence-corrected chi connectivity index (χ1v) is 7.23. The molecule has 1 fully saturated rings. The topological polar surface area (TPSA) is 71.1 Å². The number of hydrogen-bond donors (Lipinski definition) is 2. The highest BCUT2D eigenvalue weighted by atomic mass is 19.1. The Morgan fingerprint density at radius 1 is 1.43 bits per heavy atom. The molecule has 1 saturated heterocycles. The number of likely N-dealkylation sites (tertiary alicyclic amines) is 1.